The Balaban J connectivity index is 1.58. The first kappa shape index (κ1) is 8.49. The molecule has 2 bridgehead atoms. The van der Waals surface area contributed by atoms with Crippen LogP contribution in [0.5, 0.6) is 0 Å². The van der Waals surface area contributed by atoms with Gasteiger partial charge in [-0.2, -0.15) is 0 Å². The van der Waals surface area contributed by atoms with Gasteiger partial charge in [0.25, 0.3) is 0 Å². The van der Waals surface area contributed by atoms with Crippen LogP contribution in [0.25, 0.3) is 0 Å². The molecule has 2 heteroatoms. The van der Waals surface area contributed by atoms with Crippen LogP contribution in [0.15, 0.2) is 11.1 Å². The summed E-state index contributed by atoms with van der Waals surface area (Å²) in [7, 11) is 0. The van der Waals surface area contributed by atoms with Crippen LogP contribution < -0.4 is 5.32 Å². The Morgan fingerprint density at radius 3 is 2.46 bits per heavy atom. The van der Waals surface area contributed by atoms with E-state index >= 15 is 0 Å². The fourth-order valence-electron chi connectivity index (χ4n) is 3.83. The van der Waals surface area contributed by atoms with E-state index in [1.54, 1.807) is 6.42 Å². The van der Waals surface area contributed by atoms with Gasteiger partial charge in [-0.05, 0) is 42.9 Å². The van der Waals surface area contributed by atoms with Crippen molar-refractivity contribution in [3.05, 3.63) is 11.1 Å². The maximum atomic E-state index is 3.86. The molecule has 4 unspecified atom stereocenters. The average Bonchev–Trinajstić information content (AvgIpc) is 2.51. The van der Waals surface area contributed by atoms with Crippen LogP contribution in [-0.4, -0.2) is 12.6 Å². The third-order valence-electron chi connectivity index (χ3n) is 4.26. The Morgan fingerprint density at radius 2 is 1.92 bits per heavy atom. The van der Waals surface area contributed by atoms with Crippen molar-refractivity contribution in [2.45, 2.75) is 25.3 Å². The van der Waals surface area contributed by atoms with Crippen molar-refractivity contribution < 1.29 is 0 Å². The van der Waals surface area contributed by atoms with Crippen LogP contribution in [0.1, 0.15) is 19.3 Å². The molecule has 72 valence electrons. The Labute approximate surface area is 88.1 Å². The molecule has 1 nitrogen and oxygen atoms in total. The van der Waals surface area contributed by atoms with Gasteiger partial charge in [0, 0.05) is 17.1 Å². The lowest BCUT2D eigenvalue weighted by Gasteiger charge is -2.09. The summed E-state index contributed by atoms with van der Waals surface area (Å²) in [5.74, 6) is 4.25. The third kappa shape index (κ3) is 1.22. The van der Waals surface area contributed by atoms with E-state index in [4.69, 9.17) is 0 Å². The molecule has 0 radical (unpaired) electrons. The maximum Gasteiger partial charge on any atom is 0.0268 e. The zero-order valence-electron chi connectivity index (χ0n) is 7.80. The molecule has 3 saturated carbocycles. The van der Waals surface area contributed by atoms with Gasteiger partial charge in [0.05, 0.1) is 0 Å². The number of nitrogens with one attached hydrogen (secondary N) is 1. The van der Waals surface area contributed by atoms with E-state index < -0.39 is 0 Å². The molecule has 3 aliphatic rings. The van der Waals surface area contributed by atoms with Crippen LogP contribution in [-0.2, 0) is 0 Å². The predicted octanol–water partition coefficient (Wildman–Crippen LogP) is 2.53. The monoisotopic (exact) mass is 241 g/mol. The zero-order chi connectivity index (χ0) is 9.00. The van der Waals surface area contributed by atoms with Crippen LogP contribution in [0.4, 0.5) is 0 Å². The molecule has 0 aromatic carbocycles. The molecule has 3 rings (SSSR count). The summed E-state index contributed by atoms with van der Waals surface area (Å²) in [6.45, 7) is 4.81. The molecule has 3 aliphatic carbocycles. The zero-order valence-corrected chi connectivity index (χ0v) is 9.39. The van der Waals surface area contributed by atoms with Gasteiger partial charge in [0.1, 0.15) is 0 Å². The highest BCUT2D eigenvalue weighted by molar-refractivity contribution is 9.11. The van der Waals surface area contributed by atoms with E-state index in [2.05, 4.69) is 27.8 Å². The Hall–Kier alpha value is 0.180. The Kier molecular flexibility index (Phi) is 1.85. The molecule has 0 aromatic rings. The highest BCUT2D eigenvalue weighted by atomic mass is 79.9. The maximum absolute atomic E-state index is 3.86. The third-order valence-corrected chi connectivity index (χ3v) is 4.55. The predicted molar refractivity (Wildman–Crippen MR) is 57.7 cm³/mol. The minimum atomic E-state index is 0.848. The molecule has 1 N–H and O–H groups in total. The van der Waals surface area contributed by atoms with E-state index in [0.29, 0.717) is 0 Å². The van der Waals surface area contributed by atoms with Gasteiger partial charge in [-0.25, -0.2) is 0 Å². The summed E-state index contributed by atoms with van der Waals surface area (Å²) in [6, 6.07) is 0.848. The van der Waals surface area contributed by atoms with E-state index in [-0.39, 0.29) is 0 Å². The molecule has 0 aliphatic heterocycles. The topological polar surface area (TPSA) is 12.0 Å². The molecule has 13 heavy (non-hydrogen) atoms. The normalized spacial score (nSPS) is 50.7. The molecule has 0 heterocycles. The quantitative estimate of drug-likeness (QED) is 0.801. The molecular formula is C11H16BrN. The molecule has 0 aromatic heterocycles. The molecule has 3 fully saturated rings. The first-order chi connectivity index (χ1) is 6.27. The summed E-state index contributed by atoms with van der Waals surface area (Å²) >= 11 is 3.40. The van der Waals surface area contributed by atoms with Crippen molar-refractivity contribution in [3.8, 4) is 0 Å². The summed E-state index contributed by atoms with van der Waals surface area (Å²) < 4.78 is 1.09. The SMILES string of the molecule is C=C(Br)CNC1C2C3CCC(C3)C12. The lowest BCUT2D eigenvalue weighted by atomic mass is 10.0. The lowest BCUT2D eigenvalue weighted by Crippen LogP contribution is -2.23. The van der Waals surface area contributed by atoms with Crippen molar-refractivity contribution in [1.29, 1.82) is 0 Å². The van der Waals surface area contributed by atoms with Crippen molar-refractivity contribution in [1.82, 2.24) is 5.32 Å². The van der Waals surface area contributed by atoms with E-state index in [1.807, 2.05) is 0 Å². The second-order valence-corrected chi connectivity index (χ2v) is 6.03. The molecular weight excluding hydrogens is 226 g/mol. The smallest absolute Gasteiger partial charge is 0.0268 e. The van der Waals surface area contributed by atoms with Crippen LogP contribution in [0.3, 0.4) is 0 Å². The fourth-order valence-corrected chi connectivity index (χ4v) is 3.99. The minimum absolute atomic E-state index is 0.848. The summed E-state index contributed by atoms with van der Waals surface area (Å²) in [4.78, 5) is 0. The largest absolute Gasteiger partial charge is 0.309 e. The molecule has 0 amide bonds. The number of hydrogen-bond donors (Lipinski definition) is 1. The number of rotatable bonds is 3. The van der Waals surface area contributed by atoms with E-state index in [0.717, 1.165) is 40.7 Å². The molecule has 4 atom stereocenters. The second kappa shape index (κ2) is 2.83. The number of hydrogen-bond acceptors (Lipinski definition) is 1. The van der Waals surface area contributed by atoms with Crippen molar-refractivity contribution in [2.24, 2.45) is 23.7 Å². The van der Waals surface area contributed by atoms with Gasteiger partial charge >= 0.3 is 0 Å². The summed E-state index contributed by atoms with van der Waals surface area (Å²) in [5, 5.41) is 3.61. The standard InChI is InChI=1S/C11H16BrN/c1-6(12)5-13-11-9-7-2-3-8(4-7)10(9)11/h7-11,13H,1-5H2. The van der Waals surface area contributed by atoms with Gasteiger partial charge in [0.15, 0.2) is 0 Å². The van der Waals surface area contributed by atoms with Gasteiger partial charge < -0.3 is 5.32 Å². The summed E-state index contributed by atoms with van der Waals surface area (Å²) in [5.41, 5.74) is 0. The van der Waals surface area contributed by atoms with Crippen LogP contribution in [0, 0.1) is 23.7 Å². The molecule has 0 saturated heterocycles. The number of halogens is 1. The Morgan fingerprint density at radius 1 is 1.31 bits per heavy atom. The van der Waals surface area contributed by atoms with Crippen LogP contribution >= 0.6 is 15.9 Å². The molecule has 0 spiro atoms. The Bertz CT molecular complexity index is 234. The summed E-state index contributed by atoms with van der Waals surface area (Å²) in [6.07, 6.45) is 4.57. The fraction of sp³-hybridized carbons (Fsp3) is 0.818. The van der Waals surface area contributed by atoms with Gasteiger partial charge in [0.2, 0.25) is 0 Å². The van der Waals surface area contributed by atoms with Crippen molar-refractivity contribution >= 4 is 15.9 Å². The first-order valence-electron chi connectivity index (χ1n) is 5.34. The van der Waals surface area contributed by atoms with Crippen LogP contribution in [0.2, 0.25) is 0 Å². The van der Waals surface area contributed by atoms with E-state index in [9.17, 15) is 0 Å². The van der Waals surface area contributed by atoms with Gasteiger partial charge in [-0.15, -0.1) is 0 Å². The van der Waals surface area contributed by atoms with Crippen molar-refractivity contribution in [3.63, 3.8) is 0 Å². The van der Waals surface area contributed by atoms with Gasteiger partial charge in [-0.1, -0.05) is 22.5 Å². The highest BCUT2D eigenvalue weighted by Gasteiger charge is 2.64. The average molecular weight is 242 g/mol. The lowest BCUT2D eigenvalue weighted by molar-refractivity contribution is 0.456. The van der Waals surface area contributed by atoms with Crippen molar-refractivity contribution in [2.75, 3.05) is 6.54 Å². The highest BCUT2D eigenvalue weighted by Crippen LogP contribution is 2.65. The minimum Gasteiger partial charge on any atom is -0.309 e. The second-order valence-electron chi connectivity index (χ2n) is 4.91. The number of fused-ring (bicyclic) bond motifs is 5. The van der Waals surface area contributed by atoms with E-state index in [1.165, 1.54) is 12.8 Å². The first-order valence-corrected chi connectivity index (χ1v) is 6.13. The van der Waals surface area contributed by atoms with Gasteiger partial charge in [-0.3, -0.25) is 0 Å².